The minimum Gasteiger partial charge on any atom is -0.306 e. The van der Waals surface area contributed by atoms with Crippen LogP contribution >= 0.6 is 0 Å². The molecule has 0 radical (unpaired) electrons. The first-order chi connectivity index (χ1) is 7.98. The van der Waals surface area contributed by atoms with Gasteiger partial charge in [-0.3, -0.25) is 4.68 Å². The molecule has 2 unspecified atom stereocenters. The Bertz CT molecular complexity index is 367. The number of aromatic nitrogens is 2. The van der Waals surface area contributed by atoms with Gasteiger partial charge in [0.1, 0.15) is 0 Å². The Kier molecular flexibility index (Phi) is 3.57. The first kappa shape index (κ1) is 12.6. The molecular formula is C14H25N3. The Balaban J connectivity index is 1.95. The summed E-state index contributed by atoms with van der Waals surface area (Å²) in [6.45, 7) is 7.00. The zero-order chi connectivity index (χ0) is 12.5. The third-order valence-electron chi connectivity index (χ3n) is 3.99. The van der Waals surface area contributed by atoms with E-state index in [1.54, 1.807) is 0 Å². The van der Waals surface area contributed by atoms with E-state index in [1.165, 1.54) is 31.4 Å². The smallest absolute Gasteiger partial charge is 0.0547 e. The van der Waals surface area contributed by atoms with Gasteiger partial charge in [0.25, 0.3) is 0 Å². The molecular weight excluding hydrogens is 210 g/mol. The predicted molar refractivity (Wildman–Crippen MR) is 70.8 cm³/mol. The maximum atomic E-state index is 4.24. The van der Waals surface area contributed by atoms with Crippen LogP contribution in [-0.2, 0) is 7.05 Å². The molecule has 3 nitrogen and oxygen atoms in total. The number of hydrogen-bond acceptors (Lipinski definition) is 2. The normalized spacial score (nSPS) is 25.8. The van der Waals surface area contributed by atoms with Gasteiger partial charge in [-0.2, -0.15) is 5.10 Å². The molecule has 1 fully saturated rings. The highest BCUT2D eigenvalue weighted by Crippen LogP contribution is 2.35. The van der Waals surface area contributed by atoms with Crippen molar-refractivity contribution in [3.63, 3.8) is 0 Å². The second kappa shape index (κ2) is 4.81. The summed E-state index contributed by atoms with van der Waals surface area (Å²) < 4.78 is 1.96. The Labute approximate surface area is 105 Å². The third kappa shape index (κ3) is 3.09. The second-order valence-electron chi connectivity index (χ2n) is 6.23. The van der Waals surface area contributed by atoms with Gasteiger partial charge in [0.2, 0.25) is 0 Å². The van der Waals surface area contributed by atoms with Crippen LogP contribution in [0.15, 0.2) is 12.3 Å². The van der Waals surface area contributed by atoms with Crippen LogP contribution in [0.4, 0.5) is 0 Å². The highest BCUT2D eigenvalue weighted by molar-refractivity contribution is 5.06. The van der Waals surface area contributed by atoms with Crippen molar-refractivity contribution in [3.8, 4) is 0 Å². The van der Waals surface area contributed by atoms with E-state index in [2.05, 4.69) is 37.3 Å². The Morgan fingerprint density at radius 2 is 2.29 bits per heavy atom. The summed E-state index contributed by atoms with van der Waals surface area (Å²) >= 11 is 0. The average Bonchev–Trinajstić information content (AvgIpc) is 2.62. The molecule has 1 N–H and O–H groups in total. The Morgan fingerprint density at radius 3 is 2.88 bits per heavy atom. The van der Waals surface area contributed by atoms with E-state index < -0.39 is 0 Å². The number of nitrogens with one attached hydrogen (secondary N) is 1. The first-order valence-electron chi connectivity index (χ1n) is 6.72. The van der Waals surface area contributed by atoms with Crippen LogP contribution < -0.4 is 5.32 Å². The highest BCUT2D eigenvalue weighted by atomic mass is 15.3. The van der Waals surface area contributed by atoms with Gasteiger partial charge in [-0.1, -0.05) is 20.3 Å². The van der Waals surface area contributed by atoms with Crippen LogP contribution in [0, 0.1) is 5.41 Å². The zero-order valence-electron chi connectivity index (χ0n) is 11.5. The van der Waals surface area contributed by atoms with Crippen molar-refractivity contribution in [3.05, 3.63) is 18.0 Å². The highest BCUT2D eigenvalue weighted by Gasteiger charge is 2.28. The second-order valence-corrected chi connectivity index (χ2v) is 6.23. The topological polar surface area (TPSA) is 29.9 Å². The summed E-state index contributed by atoms with van der Waals surface area (Å²) in [4.78, 5) is 0. The van der Waals surface area contributed by atoms with E-state index in [1.807, 2.05) is 17.9 Å². The van der Waals surface area contributed by atoms with Crippen LogP contribution in [0.1, 0.15) is 58.2 Å². The molecule has 2 rings (SSSR count). The molecule has 17 heavy (non-hydrogen) atoms. The van der Waals surface area contributed by atoms with E-state index in [-0.39, 0.29) is 0 Å². The van der Waals surface area contributed by atoms with Crippen LogP contribution in [-0.4, -0.2) is 15.8 Å². The van der Waals surface area contributed by atoms with Gasteiger partial charge < -0.3 is 5.32 Å². The maximum Gasteiger partial charge on any atom is 0.0547 e. The molecule has 0 spiro atoms. The van der Waals surface area contributed by atoms with Gasteiger partial charge in [-0.05, 0) is 37.7 Å². The Hall–Kier alpha value is -0.830. The van der Waals surface area contributed by atoms with Gasteiger partial charge >= 0.3 is 0 Å². The summed E-state index contributed by atoms with van der Waals surface area (Å²) in [6.07, 6.45) is 7.19. The van der Waals surface area contributed by atoms with E-state index in [0.29, 0.717) is 17.5 Å². The molecule has 0 bridgehead atoms. The molecule has 1 aliphatic carbocycles. The number of rotatable bonds is 3. The summed E-state index contributed by atoms with van der Waals surface area (Å²) in [6, 6.07) is 3.15. The fourth-order valence-corrected chi connectivity index (χ4v) is 3.09. The number of nitrogens with zero attached hydrogens (tertiary/aromatic N) is 2. The van der Waals surface area contributed by atoms with Crippen molar-refractivity contribution >= 4 is 0 Å². The number of hydrogen-bond donors (Lipinski definition) is 1. The lowest BCUT2D eigenvalue weighted by Gasteiger charge is -2.37. The standard InChI is InChI=1S/C14H25N3/c1-11(13-7-9-15-17(13)4)16-12-6-5-8-14(2,3)10-12/h7,9,11-12,16H,5-6,8,10H2,1-4H3. The Morgan fingerprint density at radius 1 is 1.53 bits per heavy atom. The summed E-state index contributed by atoms with van der Waals surface area (Å²) in [7, 11) is 2.01. The van der Waals surface area contributed by atoms with Crippen molar-refractivity contribution in [2.45, 2.75) is 58.5 Å². The summed E-state index contributed by atoms with van der Waals surface area (Å²) in [5.74, 6) is 0. The monoisotopic (exact) mass is 235 g/mol. The molecule has 3 heteroatoms. The van der Waals surface area contributed by atoms with Crippen LogP contribution in [0.3, 0.4) is 0 Å². The SMILES string of the molecule is CC(NC1CCCC(C)(C)C1)c1ccnn1C. The maximum absolute atomic E-state index is 4.24. The molecule has 1 heterocycles. The third-order valence-corrected chi connectivity index (χ3v) is 3.99. The molecule has 96 valence electrons. The predicted octanol–water partition coefficient (Wildman–Crippen LogP) is 3.04. The van der Waals surface area contributed by atoms with Gasteiger partial charge in [-0.15, -0.1) is 0 Å². The molecule has 2 atom stereocenters. The van der Waals surface area contributed by atoms with Crippen LogP contribution in [0.2, 0.25) is 0 Å². The van der Waals surface area contributed by atoms with Crippen LogP contribution in [0.25, 0.3) is 0 Å². The quantitative estimate of drug-likeness (QED) is 0.872. The van der Waals surface area contributed by atoms with Crippen molar-refractivity contribution in [1.29, 1.82) is 0 Å². The number of aryl methyl sites for hydroxylation is 1. The van der Waals surface area contributed by atoms with E-state index >= 15 is 0 Å². The lowest BCUT2D eigenvalue weighted by atomic mass is 9.75. The van der Waals surface area contributed by atoms with Gasteiger partial charge in [0.05, 0.1) is 5.69 Å². The van der Waals surface area contributed by atoms with Gasteiger partial charge in [0.15, 0.2) is 0 Å². The molecule has 1 aromatic rings. The summed E-state index contributed by atoms with van der Waals surface area (Å²) in [5, 5.41) is 7.99. The zero-order valence-corrected chi connectivity index (χ0v) is 11.5. The average molecular weight is 235 g/mol. The van der Waals surface area contributed by atoms with Crippen molar-refractivity contribution < 1.29 is 0 Å². The first-order valence-corrected chi connectivity index (χ1v) is 6.72. The lowest BCUT2D eigenvalue weighted by Crippen LogP contribution is -2.39. The van der Waals surface area contributed by atoms with Gasteiger partial charge in [-0.25, -0.2) is 0 Å². The molecule has 1 saturated carbocycles. The fraction of sp³-hybridized carbons (Fsp3) is 0.786. The lowest BCUT2D eigenvalue weighted by molar-refractivity contribution is 0.190. The van der Waals surface area contributed by atoms with E-state index in [4.69, 9.17) is 0 Å². The van der Waals surface area contributed by atoms with Gasteiger partial charge in [0, 0.05) is 25.3 Å². The molecule has 1 aromatic heterocycles. The largest absolute Gasteiger partial charge is 0.306 e. The molecule has 0 amide bonds. The van der Waals surface area contributed by atoms with E-state index in [9.17, 15) is 0 Å². The molecule has 0 aliphatic heterocycles. The molecule has 1 aliphatic rings. The van der Waals surface area contributed by atoms with Crippen molar-refractivity contribution in [2.24, 2.45) is 12.5 Å². The van der Waals surface area contributed by atoms with Crippen molar-refractivity contribution in [1.82, 2.24) is 15.1 Å². The summed E-state index contributed by atoms with van der Waals surface area (Å²) in [5.41, 5.74) is 1.77. The minimum atomic E-state index is 0.390. The minimum absolute atomic E-state index is 0.390. The van der Waals surface area contributed by atoms with E-state index in [0.717, 1.165) is 0 Å². The fourth-order valence-electron chi connectivity index (χ4n) is 3.09. The molecule has 0 aromatic carbocycles. The van der Waals surface area contributed by atoms with Crippen LogP contribution in [0.5, 0.6) is 0 Å². The molecule has 0 saturated heterocycles. The van der Waals surface area contributed by atoms with Crippen molar-refractivity contribution in [2.75, 3.05) is 0 Å².